The van der Waals surface area contributed by atoms with Gasteiger partial charge in [0.15, 0.2) is 5.82 Å². The third-order valence-corrected chi connectivity index (χ3v) is 4.14. The zero-order valence-corrected chi connectivity index (χ0v) is 12.7. The molecule has 22 heavy (non-hydrogen) atoms. The van der Waals surface area contributed by atoms with Gasteiger partial charge in [0.25, 0.3) is 0 Å². The van der Waals surface area contributed by atoms with Crippen molar-refractivity contribution in [3.63, 3.8) is 0 Å². The van der Waals surface area contributed by atoms with Gasteiger partial charge >= 0.3 is 0 Å². The molecule has 0 bridgehead atoms. The van der Waals surface area contributed by atoms with Gasteiger partial charge in [0, 0.05) is 6.54 Å². The van der Waals surface area contributed by atoms with Crippen LogP contribution in [-0.2, 0) is 0 Å². The SMILES string of the molecule is C[C@@H]1CCCN(CC(O)=C(C#N)c2nc3ccccc3[nH]2)C1. The van der Waals surface area contributed by atoms with Crippen LogP contribution in [0.2, 0.25) is 0 Å². The van der Waals surface area contributed by atoms with Gasteiger partial charge in [-0.3, -0.25) is 4.90 Å². The standard InChI is InChI=1S/C17H20N4O/c1-12-5-4-8-21(10-12)11-16(22)13(9-18)17-19-14-6-2-3-7-15(14)20-17/h2-3,6-7,12,22H,4-5,8,10-11H2,1H3,(H,19,20)/t12-/m1/s1. The summed E-state index contributed by atoms with van der Waals surface area (Å²) in [6, 6.07) is 9.69. The highest BCUT2D eigenvalue weighted by molar-refractivity contribution is 5.82. The first-order valence-electron chi connectivity index (χ1n) is 7.67. The summed E-state index contributed by atoms with van der Waals surface area (Å²) in [6.07, 6.45) is 2.37. The van der Waals surface area contributed by atoms with E-state index in [2.05, 4.69) is 27.9 Å². The Morgan fingerprint density at radius 3 is 3.05 bits per heavy atom. The fourth-order valence-corrected chi connectivity index (χ4v) is 3.05. The first kappa shape index (κ1) is 14.6. The summed E-state index contributed by atoms with van der Waals surface area (Å²) < 4.78 is 0. The number of para-hydroxylation sites is 2. The van der Waals surface area contributed by atoms with E-state index in [1.807, 2.05) is 24.3 Å². The predicted molar refractivity (Wildman–Crippen MR) is 86.1 cm³/mol. The van der Waals surface area contributed by atoms with E-state index in [-0.39, 0.29) is 11.3 Å². The number of imidazole rings is 1. The van der Waals surface area contributed by atoms with Crippen molar-refractivity contribution in [2.75, 3.05) is 19.6 Å². The fraction of sp³-hybridized carbons (Fsp3) is 0.412. The van der Waals surface area contributed by atoms with E-state index in [1.54, 1.807) is 0 Å². The topological polar surface area (TPSA) is 75.9 Å². The average molecular weight is 296 g/mol. The highest BCUT2D eigenvalue weighted by Gasteiger charge is 2.20. The van der Waals surface area contributed by atoms with Crippen LogP contribution in [0.5, 0.6) is 0 Å². The van der Waals surface area contributed by atoms with Crippen LogP contribution in [-0.4, -0.2) is 39.6 Å². The molecule has 1 aromatic heterocycles. The molecule has 2 heterocycles. The van der Waals surface area contributed by atoms with Gasteiger partial charge in [-0.1, -0.05) is 19.1 Å². The Balaban J connectivity index is 1.86. The van der Waals surface area contributed by atoms with Gasteiger partial charge in [-0.2, -0.15) is 5.26 Å². The number of nitriles is 1. The number of nitrogens with one attached hydrogen (secondary N) is 1. The summed E-state index contributed by atoms with van der Waals surface area (Å²) in [7, 11) is 0. The minimum atomic E-state index is 0.0932. The van der Waals surface area contributed by atoms with Gasteiger partial charge in [-0.05, 0) is 37.4 Å². The highest BCUT2D eigenvalue weighted by Crippen LogP contribution is 2.21. The summed E-state index contributed by atoms with van der Waals surface area (Å²) >= 11 is 0. The second-order valence-electron chi connectivity index (χ2n) is 6.02. The number of likely N-dealkylation sites (tertiary alicyclic amines) is 1. The van der Waals surface area contributed by atoms with Crippen LogP contribution in [0, 0.1) is 17.2 Å². The van der Waals surface area contributed by atoms with Crippen molar-refractivity contribution in [3.8, 4) is 6.07 Å². The van der Waals surface area contributed by atoms with Crippen LogP contribution >= 0.6 is 0 Å². The van der Waals surface area contributed by atoms with Crippen LogP contribution in [0.4, 0.5) is 0 Å². The largest absolute Gasteiger partial charge is 0.509 e. The van der Waals surface area contributed by atoms with Crippen molar-refractivity contribution >= 4 is 16.6 Å². The minimum Gasteiger partial charge on any atom is -0.509 e. The first-order chi connectivity index (χ1) is 10.7. The number of nitrogens with zero attached hydrogens (tertiary/aromatic N) is 3. The average Bonchev–Trinajstić information content (AvgIpc) is 2.91. The number of H-pyrrole nitrogens is 1. The summed E-state index contributed by atoms with van der Waals surface area (Å²) in [5, 5.41) is 19.8. The quantitative estimate of drug-likeness (QED) is 0.674. The summed E-state index contributed by atoms with van der Waals surface area (Å²) in [4.78, 5) is 9.70. The molecule has 1 atom stereocenters. The predicted octanol–water partition coefficient (Wildman–Crippen LogP) is 3.09. The molecule has 5 heteroatoms. The molecule has 0 radical (unpaired) electrons. The molecule has 1 saturated heterocycles. The van der Waals surface area contributed by atoms with Gasteiger partial charge in [-0.25, -0.2) is 4.98 Å². The van der Waals surface area contributed by atoms with E-state index in [4.69, 9.17) is 0 Å². The Hall–Kier alpha value is -2.32. The Kier molecular flexibility index (Phi) is 4.12. The fourth-order valence-electron chi connectivity index (χ4n) is 3.05. The van der Waals surface area contributed by atoms with Crippen LogP contribution < -0.4 is 0 Å². The zero-order valence-electron chi connectivity index (χ0n) is 12.7. The molecule has 5 nitrogen and oxygen atoms in total. The van der Waals surface area contributed by atoms with Crippen LogP contribution in [0.25, 0.3) is 16.6 Å². The Bertz CT molecular complexity index is 707. The normalized spacial score (nSPS) is 20.6. The molecule has 0 unspecified atom stereocenters. The lowest BCUT2D eigenvalue weighted by atomic mass is 10.00. The maximum atomic E-state index is 10.4. The second kappa shape index (κ2) is 6.20. The second-order valence-corrected chi connectivity index (χ2v) is 6.02. The Morgan fingerprint density at radius 2 is 2.32 bits per heavy atom. The van der Waals surface area contributed by atoms with E-state index in [0.29, 0.717) is 18.3 Å². The van der Waals surface area contributed by atoms with Crippen molar-refractivity contribution < 1.29 is 5.11 Å². The molecule has 1 aliphatic rings. The lowest BCUT2D eigenvalue weighted by Crippen LogP contribution is -2.35. The summed E-state index contributed by atoms with van der Waals surface area (Å²) in [6.45, 7) is 4.55. The summed E-state index contributed by atoms with van der Waals surface area (Å²) in [5.74, 6) is 1.17. The number of aromatic nitrogens is 2. The van der Waals surface area contributed by atoms with Crippen LogP contribution in [0.15, 0.2) is 30.0 Å². The number of allylic oxidation sites excluding steroid dienone is 1. The molecule has 1 aliphatic heterocycles. The Morgan fingerprint density at radius 1 is 1.50 bits per heavy atom. The lowest BCUT2D eigenvalue weighted by molar-refractivity contribution is 0.177. The number of hydrogen-bond donors (Lipinski definition) is 2. The van der Waals surface area contributed by atoms with E-state index >= 15 is 0 Å². The third kappa shape index (κ3) is 2.97. The molecule has 0 saturated carbocycles. The number of piperidine rings is 1. The van der Waals surface area contributed by atoms with Gasteiger partial charge in [0.1, 0.15) is 17.4 Å². The van der Waals surface area contributed by atoms with Gasteiger partial charge in [0.05, 0.1) is 17.6 Å². The van der Waals surface area contributed by atoms with Crippen LogP contribution in [0.3, 0.4) is 0 Å². The third-order valence-electron chi connectivity index (χ3n) is 4.14. The van der Waals surface area contributed by atoms with E-state index in [0.717, 1.165) is 30.5 Å². The number of aliphatic hydroxyl groups excluding tert-OH is 1. The molecule has 0 aliphatic carbocycles. The molecule has 0 amide bonds. The monoisotopic (exact) mass is 296 g/mol. The molecular formula is C17H20N4O. The van der Waals surface area contributed by atoms with Gasteiger partial charge in [-0.15, -0.1) is 0 Å². The zero-order chi connectivity index (χ0) is 15.5. The maximum absolute atomic E-state index is 10.4. The summed E-state index contributed by atoms with van der Waals surface area (Å²) in [5.41, 5.74) is 1.89. The van der Waals surface area contributed by atoms with E-state index in [1.165, 1.54) is 6.42 Å². The lowest BCUT2D eigenvalue weighted by Gasteiger charge is -2.30. The van der Waals surface area contributed by atoms with Crippen molar-refractivity contribution in [2.24, 2.45) is 5.92 Å². The van der Waals surface area contributed by atoms with Crippen molar-refractivity contribution in [3.05, 3.63) is 35.8 Å². The molecule has 114 valence electrons. The molecule has 1 aromatic carbocycles. The van der Waals surface area contributed by atoms with Crippen LogP contribution in [0.1, 0.15) is 25.6 Å². The molecule has 3 rings (SSSR count). The van der Waals surface area contributed by atoms with E-state index in [9.17, 15) is 10.4 Å². The van der Waals surface area contributed by atoms with Crippen molar-refractivity contribution in [1.29, 1.82) is 5.26 Å². The van der Waals surface area contributed by atoms with Gasteiger partial charge in [0.2, 0.25) is 0 Å². The highest BCUT2D eigenvalue weighted by atomic mass is 16.3. The van der Waals surface area contributed by atoms with E-state index < -0.39 is 0 Å². The number of aliphatic hydroxyl groups is 1. The molecule has 1 fully saturated rings. The molecular weight excluding hydrogens is 276 g/mol. The number of fused-ring (bicyclic) bond motifs is 1. The molecule has 0 spiro atoms. The minimum absolute atomic E-state index is 0.0932. The number of hydrogen-bond acceptors (Lipinski definition) is 4. The maximum Gasteiger partial charge on any atom is 0.152 e. The van der Waals surface area contributed by atoms with Crippen molar-refractivity contribution in [2.45, 2.75) is 19.8 Å². The van der Waals surface area contributed by atoms with Crippen molar-refractivity contribution in [1.82, 2.24) is 14.9 Å². The molecule has 2 aromatic rings. The number of aromatic amines is 1. The van der Waals surface area contributed by atoms with Gasteiger partial charge < -0.3 is 10.1 Å². The smallest absolute Gasteiger partial charge is 0.152 e. The molecule has 2 N–H and O–H groups in total. The Labute approximate surface area is 129 Å². The number of rotatable bonds is 3. The first-order valence-corrected chi connectivity index (χ1v) is 7.67. The number of benzene rings is 1.